The van der Waals surface area contributed by atoms with Gasteiger partial charge in [-0.15, -0.1) is 0 Å². The summed E-state index contributed by atoms with van der Waals surface area (Å²) in [6, 6.07) is 0.836. The molecular weight excluding hydrogens is 182 g/mol. The molecule has 15 heavy (non-hydrogen) atoms. The average molecular weight is 209 g/mol. The summed E-state index contributed by atoms with van der Waals surface area (Å²) in [5, 5.41) is 3.83. The van der Waals surface area contributed by atoms with Crippen molar-refractivity contribution in [2.75, 3.05) is 6.54 Å². The first-order chi connectivity index (χ1) is 7.34. The second kappa shape index (κ2) is 5.89. The van der Waals surface area contributed by atoms with Crippen molar-refractivity contribution in [3.05, 3.63) is 0 Å². The van der Waals surface area contributed by atoms with Crippen LogP contribution in [0, 0.1) is 11.8 Å². The molecule has 2 aliphatic carbocycles. The minimum Gasteiger partial charge on any atom is -0.314 e. The highest BCUT2D eigenvalue weighted by Crippen LogP contribution is 2.26. The minimum absolute atomic E-state index is 0.836. The van der Waals surface area contributed by atoms with E-state index in [1.165, 1.54) is 64.3 Å². The summed E-state index contributed by atoms with van der Waals surface area (Å²) in [6.45, 7) is 3.73. The van der Waals surface area contributed by atoms with Crippen molar-refractivity contribution in [1.29, 1.82) is 0 Å². The van der Waals surface area contributed by atoms with Gasteiger partial charge in [-0.2, -0.15) is 0 Å². The zero-order valence-electron chi connectivity index (χ0n) is 10.3. The van der Waals surface area contributed by atoms with Crippen LogP contribution in [0.4, 0.5) is 0 Å². The van der Waals surface area contributed by atoms with E-state index in [-0.39, 0.29) is 0 Å². The Balaban J connectivity index is 1.67. The van der Waals surface area contributed by atoms with E-state index in [2.05, 4.69) is 12.2 Å². The lowest BCUT2D eigenvalue weighted by Gasteiger charge is -2.21. The molecule has 0 saturated heterocycles. The molecule has 2 saturated carbocycles. The fourth-order valence-electron chi connectivity index (χ4n) is 3.34. The third-order valence-electron chi connectivity index (χ3n) is 4.36. The van der Waals surface area contributed by atoms with Crippen LogP contribution in [0.1, 0.15) is 64.7 Å². The summed E-state index contributed by atoms with van der Waals surface area (Å²) in [6.07, 6.45) is 13.1. The summed E-state index contributed by atoms with van der Waals surface area (Å²) < 4.78 is 0. The standard InChI is InChI=1S/C14H27N/c1-12-6-2-5-9-14(10-12)15-11-13-7-3-4-8-13/h12-15H,2-11H2,1H3. The molecule has 2 fully saturated rings. The number of rotatable bonds is 3. The maximum absolute atomic E-state index is 3.83. The predicted molar refractivity (Wildman–Crippen MR) is 66.0 cm³/mol. The number of nitrogens with one attached hydrogen (secondary N) is 1. The molecule has 0 heterocycles. The van der Waals surface area contributed by atoms with Crippen LogP contribution in [0.5, 0.6) is 0 Å². The Morgan fingerprint density at radius 3 is 2.40 bits per heavy atom. The van der Waals surface area contributed by atoms with Crippen LogP contribution in [-0.2, 0) is 0 Å². The molecule has 0 spiro atoms. The molecule has 0 aliphatic heterocycles. The SMILES string of the molecule is CC1CCCCC(NCC2CCCC2)C1. The fraction of sp³-hybridized carbons (Fsp3) is 1.00. The highest BCUT2D eigenvalue weighted by Gasteiger charge is 2.19. The topological polar surface area (TPSA) is 12.0 Å². The van der Waals surface area contributed by atoms with Crippen molar-refractivity contribution < 1.29 is 0 Å². The molecule has 0 radical (unpaired) electrons. The van der Waals surface area contributed by atoms with E-state index in [1.807, 2.05) is 0 Å². The van der Waals surface area contributed by atoms with Crippen molar-refractivity contribution >= 4 is 0 Å². The van der Waals surface area contributed by atoms with Gasteiger partial charge in [0.2, 0.25) is 0 Å². The Morgan fingerprint density at radius 2 is 1.60 bits per heavy atom. The van der Waals surface area contributed by atoms with E-state index in [1.54, 1.807) is 0 Å². The van der Waals surface area contributed by atoms with Crippen LogP contribution < -0.4 is 5.32 Å². The molecule has 0 aromatic heterocycles. The van der Waals surface area contributed by atoms with Crippen LogP contribution in [0.3, 0.4) is 0 Å². The van der Waals surface area contributed by atoms with Gasteiger partial charge in [-0.1, -0.05) is 39.0 Å². The maximum Gasteiger partial charge on any atom is 0.00697 e. The van der Waals surface area contributed by atoms with E-state index in [0.717, 1.165) is 17.9 Å². The second-order valence-corrected chi connectivity index (χ2v) is 5.88. The molecule has 2 aliphatic rings. The van der Waals surface area contributed by atoms with E-state index >= 15 is 0 Å². The summed E-state index contributed by atoms with van der Waals surface area (Å²) in [7, 11) is 0. The molecular formula is C14H27N. The van der Waals surface area contributed by atoms with Crippen LogP contribution in [0.15, 0.2) is 0 Å². The van der Waals surface area contributed by atoms with Crippen molar-refractivity contribution in [2.24, 2.45) is 11.8 Å². The Hall–Kier alpha value is -0.0400. The summed E-state index contributed by atoms with van der Waals surface area (Å²) in [5.74, 6) is 1.96. The van der Waals surface area contributed by atoms with Crippen molar-refractivity contribution in [1.82, 2.24) is 5.32 Å². The van der Waals surface area contributed by atoms with Crippen LogP contribution in [0.2, 0.25) is 0 Å². The lowest BCUT2D eigenvalue weighted by molar-refractivity contribution is 0.373. The van der Waals surface area contributed by atoms with Gasteiger partial charge in [0.15, 0.2) is 0 Å². The molecule has 0 amide bonds. The van der Waals surface area contributed by atoms with Gasteiger partial charge in [-0.3, -0.25) is 0 Å². The van der Waals surface area contributed by atoms with Gasteiger partial charge in [0.25, 0.3) is 0 Å². The summed E-state index contributed by atoms with van der Waals surface area (Å²) >= 11 is 0. The van der Waals surface area contributed by atoms with E-state index in [0.29, 0.717) is 0 Å². The predicted octanol–water partition coefficient (Wildman–Crippen LogP) is 3.74. The lowest BCUT2D eigenvalue weighted by Crippen LogP contribution is -2.33. The molecule has 1 nitrogen and oxygen atoms in total. The van der Waals surface area contributed by atoms with E-state index < -0.39 is 0 Å². The summed E-state index contributed by atoms with van der Waals surface area (Å²) in [4.78, 5) is 0. The number of hydrogen-bond acceptors (Lipinski definition) is 1. The first-order valence-corrected chi connectivity index (χ1v) is 7.08. The van der Waals surface area contributed by atoms with Gasteiger partial charge in [-0.25, -0.2) is 0 Å². The van der Waals surface area contributed by atoms with Gasteiger partial charge < -0.3 is 5.32 Å². The molecule has 1 heteroatoms. The van der Waals surface area contributed by atoms with Crippen LogP contribution in [-0.4, -0.2) is 12.6 Å². The average Bonchev–Trinajstić information content (AvgIpc) is 2.65. The quantitative estimate of drug-likeness (QED) is 0.698. The third-order valence-corrected chi connectivity index (χ3v) is 4.36. The van der Waals surface area contributed by atoms with Crippen molar-refractivity contribution in [3.8, 4) is 0 Å². The Bertz CT molecular complexity index is 172. The zero-order valence-corrected chi connectivity index (χ0v) is 10.3. The third kappa shape index (κ3) is 3.79. The Labute approximate surface area is 95.0 Å². The minimum atomic E-state index is 0.836. The summed E-state index contributed by atoms with van der Waals surface area (Å²) in [5.41, 5.74) is 0. The molecule has 0 aromatic carbocycles. The number of hydrogen-bond donors (Lipinski definition) is 1. The van der Waals surface area contributed by atoms with Crippen LogP contribution >= 0.6 is 0 Å². The fourth-order valence-corrected chi connectivity index (χ4v) is 3.34. The molecule has 2 rings (SSSR count). The first kappa shape index (κ1) is 11.4. The van der Waals surface area contributed by atoms with Crippen molar-refractivity contribution in [3.63, 3.8) is 0 Å². The zero-order chi connectivity index (χ0) is 10.5. The Kier molecular flexibility index (Phi) is 4.49. The van der Waals surface area contributed by atoms with Gasteiger partial charge in [0, 0.05) is 6.04 Å². The van der Waals surface area contributed by atoms with Crippen molar-refractivity contribution in [2.45, 2.75) is 70.8 Å². The van der Waals surface area contributed by atoms with Gasteiger partial charge in [-0.05, 0) is 44.1 Å². The Morgan fingerprint density at radius 1 is 0.933 bits per heavy atom. The highest BCUT2D eigenvalue weighted by molar-refractivity contribution is 4.77. The van der Waals surface area contributed by atoms with E-state index in [4.69, 9.17) is 0 Å². The first-order valence-electron chi connectivity index (χ1n) is 7.08. The lowest BCUT2D eigenvalue weighted by atomic mass is 9.99. The molecule has 2 unspecified atom stereocenters. The highest BCUT2D eigenvalue weighted by atomic mass is 14.9. The molecule has 1 N–H and O–H groups in total. The smallest absolute Gasteiger partial charge is 0.00697 e. The normalized spacial score (nSPS) is 34.2. The van der Waals surface area contributed by atoms with Crippen LogP contribution in [0.25, 0.3) is 0 Å². The molecule has 88 valence electrons. The van der Waals surface area contributed by atoms with Gasteiger partial charge in [0.1, 0.15) is 0 Å². The largest absolute Gasteiger partial charge is 0.314 e. The molecule has 2 atom stereocenters. The molecule has 0 bridgehead atoms. The van der Waals surface area contributed by atoms with Gasteiger partial charge >= 0.3 is 0 Å². The van der Waals surface area contributed by atoms with E-state index in [9.17, 15) is 0 Å². The maximum atomic E-state index is 3.83. The monoisotopic (exact) mass is 209 g/mol. The molecule has 0 aromatic rings. The van der Waals surface area contributed by atoms with Gasteiger partial charge in [0.05, 0.1) is 0 Å². The second-order valence-electron chi connectivity index (χ2n) is 5.88.